The molecule has 18 heavy (non-hydrogen) atoms. The number of rotatable bonds is 7. The molecule has 0 unspecified atom stereocenters. The van der Waals surface area contributed by atoms with Crippen molar-refractivity contribution >= 4 is 11.6 Å². The minimum Gasteiger partial charge on any atom is -0.300 e. The standard InChI is InChI=1S/C16H26O2/c1-7-12(3)15(16(5,6)8-2)10-9-14(18)11-13(4)17/h9-10H,7-8,11H2,1-6H3/b10-9+,15-12-. The van der Waals surface area contributed by atoms with Gasteiger partial charge in [0.05, 0.1) is 6.42 Å². The molecule has 0 aliphatic rings. The topological polar surface area (TPSA) is 34.1 Å². The summed E-state index contributed by atoms with van der Waals surface area (Å²) in [7, 11) is 0. The fraction of sp³-hybridized carbons (Fsp3) is 0.625. The molecule has 102 valence electrons. The molecular weight excluding hydrogens is 224 g/mol. The Morgan fingerprint density at radius 3 is 2.00 bits per heavy atom. The van der Waals surface area contributed by atoms with Crippen LogP contribution in [0.25, 0.3) is 0 Å². The highest BCUT2D eigenvalue weighted by atomic mass is 16.1. The Balaban J connectivity index is 5.12. The van der Waals surface area contributed by atoms with E-state index in [4.69, 9.17) is 0 Å². The maximum absolute atomic E-state index is 11.6. The van der Waals surface area contributed by atoms with Gasteiger partial charge in [-0.3, -0.25) is 9.59 Å². The summed E-state index contributed by atoms with van der Waals surface area (Å²) in [5.41, 5.74) is 2.57. The van der Waals surface area contributed by atoms with Crippen LogP contribution < -0.4 is 0 Å². The van der Waals surface area contributed by atoms with E-state index < -0.39 is 0 Å². The Morgan fingerprint density at radius 2 is 1.61 bits per heavy atom. The molecule has 0 N–H and O–H groups in total. The second-order valence-electron chi connectivity index (χ2n) is 5.46. The van der Waals surface area contributed by atoms with E-state index in [1.165, 1.54) is 18.1 Å². The Labute approximate surface area is 111 Å². The average Bonchev–Trinajstić information content (AvgIpc) is 2.27. The van der Waals surface area contributed by atoms with E-state index in [1.807, 2.05) is 6.08 Å². The van der Waals surface area contributed by atoms with Crippen LogP contribution >= 0.6 is 0 Å². The molecule has 0 rings (SSSR count). The number of allylic oxidation sites excluding steroid dienone is 4. The first-order valence-corrected chi connectivity index (χ1v) is 6.65. The lowest BCUT2D eigenvalue weighted by molar-refractivity contribution is -0.123. The van der Waals surface area contributed by atoms with Gasteiger partial charge in [-0.25, -0.2) is 0 Å². The molecule has 0 bridgehead atoms. The molecule has 0 saturated heterocycles. The molecule has 0 aliphatic heterocycles. The molecule has 0 aliphatic carbocycles. The average molecular weight is 250 g/mol. The van der Waals surface area contributed by atoms with E-state index in [9.17, 15) is 9.59 Å². The third-order valence-electron chi connectivity index (χ3n) is 3.46. The Hall–Kier alpha value is -1.18. The first-order chi connectivity index (χ1) is 8.24. The predicted octanol–water partition coefficient (Wildman–Crippen LogP) is 4.25. The molecule has 0 saturated carbocycles. The quantitative estimate of drug-likeness (QED) is 0.384. The van der Waals surface area contributed by atoms with Crippen molar-refractivity contribution in [2.75, 3.05) is 0 Å². The van der Waals surface area contributed by atoms with Crippen LogP contribution in [0, 0.1) is 5.41 Å². The molecule has 2 nitrogen and oxygen atoms in total. The van der Waals surface area contributed by atoms with Gasteiger partial charge in [0.2, 0.25) is 0 Å². The van der Waals surface area contributed by atoms with Crippen LogP contribution in [-0.2, 0) is 9.59 Å². The number of hydrogen-bond acceptors (Lipinski definition) is 2. The lowest BCUT2D eigenvalue weighted by Gasteiger charge is -2.26. The van der Waals surface area contributed by atoms with Gasteiger partial charge in [0.15, 0.2) is 5.78 Å². The molecule has 0 radical (unpaired) electrons. The summed E-state index contributed by atoms with van der Waals surface area (Å²) in [4.78, 5) is 22.4. The number of carbonyl (C=O) groups excluding carboxylic acids is 2. The molecular formula is C16H26O2. The Kier molecular flexibility index (Phi) is 6.82. The van der Waals surface area contributed by atoms with Gasteiger partial charge < -0.3 is 0 Å². The molecule has 0 amide bonds. The SMILES string of the molecule is CC/C(C)=C(/C=C/C(=O)CC(C)=O)C(C)(C)CC. The zero-order valence-corrected chi connectivity index (χ0v) is 12.6. The molecule has 0 aromatic carbocycles. The smallest absolute Gasteiger partial charge is 0.163 e. The van der Waals surface area contributed by atoms with E-state index in [1.54, 1.807) is 6.08 Å². The van der Waals surface area contributed by atoms with Crippen molar-refractivity contribution in [2.45, 2.75) is 60.8 Å². The fourth-order valence-corrected chi connectivity index (χ4v) is 1.81. The second kappa shape index (κ2) is 7.30. The zero-order valence-electron chi connectivity index (χ0n) is 12.6. The summed E-state index contributed by atoms with van der Waals surface area (Å²) in [6, 6.07) is 0. The molecule has 0 atom stereocenters. The fourth-order valence-electron chi connectivity index (χ4n) is 1.81. The highest BCUT2D eigenvalue weighted by molar-refractivity contribution is 6.03. The highest BCUT2D eigenvalue weighted by Crippen LogP contribution is 2.34. The summed E-state index contributed by atoms with van der Waals surface area (Å²) >= 11 is 0. The normalized spacial score (nSPS) is 13.7. The lowest BCUT2D eigenvalue weighted by atomic mass is 9.78. The Bertz CT molecular complexity index is 371. The van der Waals surface area contributed by atoms with Crippen molar-refractivity contribution in [3.8, 4) is 0 Å². The summed E-state index contributed by atoms with van der Waals surface area (Å²) in [5.74, 6) is -0.201. The first-order valence-electron chi connectivity index (χ1n) is 6.65. The number of Topliss-reactive ketones (excluding diaryl/α,β-unsaturated/α-hetero) is 1. The van der Waals surface area contributed by atoms with Crippen LogP contribution in [0.15, 0.2) is 23.3 Å². The van der Waals surface area contributed by atoms with Gasteiger partial charge in [-0.15, -0.1) is 0 Å². The van der Waals surface area contributed by atoms with Gasteiger partial charge in [-0.05, 0) is 43.8 Å². The van der Waals surface area contributed by atoms with E-state index in [2.05, 4.69) is 34.6 Å². The highest BCUT2D eigenvalue weighted by Gasteiger charge is 2.20. The van der Waals surface area contributed by atoms with E-state index in [0.717, 1.165) is 12.8 Å². The molecule has 2 heteroatoms. The molecule has 0 spiro atoms. The number of hydrogen-bond donors (Lipinski definition) is 0. The molecule has 0 aromatic rings. The third-order valence-corrected chi connectivity index (χ3v) is 3.46. The van der Waals surface area contributed by atoms with E-state index >= 15 is 0 Å². The summed E-state index contributed by atoms with van der Waals surface area (Å²) in [6.45, 7) is 12.2. The predicted molar refractivity (Wildman–Crippen MR) is 76.5 cm³/mol. The van der Waals surface area contributed by atoms with Gasteiger partial charge in [-0.2, -0.15) is 0 Å². The first kappa shape index (κ1) is 16.8. The molecule has 0 aromatic heterocycles. The van der Waals surface area contributed by atoms with Gasteiger partial charge >= 0.3 is 0 Å². The minimum atomic E-state index is -0.115. The summed E-state index contributed by atoms with van der Waals surface area (Å²) in [6.07, 6.45) is 5.44. The maximum atomic E-state index is 11.6. The van der Waals surface area contributed by atoms with Gasteiger partial charge in [-0.1, -0.05) is 39.3 Å². The van der Waals surface area contributed by atoms with Crippen LogP contribution in [0.1, 0.15) is 60.8 Å². The van der Waals surface area contributed by atoms with E-state index in [0.29, 0.717) is 0 Å². The summed E-state index contributed by atoms with van der Waals surface area (Å²) < 4.78 is 0. The van der Waals surface area contributed by atoms with Crippen molar-refractivity contribution in [3.63, 3.8) is 0 Å². The number of ketones is 2. The van der Waals surface area contributed by atoms with Crippen LogP contribution in [0.4, 0.5) is 0 Å². The van der Waals surface area contributed by atoms with Gasteiger partial charge in [0.25, 0.3) is 0 Å². The number of carbonyl (C=O) groups is 2. The lowest BCUT2D eigenvalue weighted by Crippen LogP contribution is -2.14. The van der Waals surface area contributed by atoms with Crippen LogP contribution in [0.3, 0.4) is 0 Å². The second-order valence-corrected chi connectivity index (χ2v) is 5.46. The van der Waals surface area contributed by atoms with Gasteiger partial charge in [0, 0.05) is 0 Å². The van der Waals surface area contributed by atoms with Crippen LogP contribution in [0.2, 0.25) is 0 Å². The monoisotopic (exact) mass is 250 g/mol. The van der Waals surface area contributed by atoms with Crippen LogP contribution in [0.5, 0.6) is 0 Å². The summed E-state index contributed by atoms with van der Waals surface area (Å²) in [5, 5.41) is 0. The van der Waals surface area contributed by atoms with E-state index in [-0.39, 0.29) is 23.4 Å². The van der Waals surface area contributed by atoms with Crippen molar-refractivity contribution in [2.24, 2.45) is 5.41 Å². The maximum Gasteiger partial charge on any atom is 0.163 e. The van der Waals surface area contributed by atoms with Crippen molar-refractivity contribution in [1.82, 2.24) is 0 Å². The largest absolute Gasteiger partial charge is 0.300 e. The minimum absolute atomic E-state index is 0.00149. The Morgan fingerprint density at radius 1 is 1.06 bits per heavy atom. The zero-order chi connectivity index (χ0) is 14.3. The van der Waals surface area contributed by atoms with Gasteiger partial charge in [0.1, 0.15) is 5.78 Å². The van der Waals surface area contributed by atoms with Crippen molar-refractivity contribution < 1.29 is 9.59 Å². The van der Waals surface area contributed by atoms with Crippen molar-refractivity contribution in [1.29, 1.82) is 0 Å². The molecule has 0 heterocycles. The molecule has 0 fully saturated rings. The third kappa shape index (κ3) is 5.44. The van der Waals surface area contributed by atoms with Crippen LogP contribution in [-0.4, -0.2) is 11.6 Å². The van der Waals surface area contributed by atoms with Crippen molar-refractivity contribution in [3.05, 3.63) is 23.3 Å².